The zero-order valence-electron chi connectivity index (χ0n) is 10.9. The van der Waals surface area contributed by atoms with Crippen LogP contribution in [-0.4, -0.2) is 55.4 Å². The maximum Gasteiger partial charge on any atom is 0.225 e. The number of alkyl halides is 1. The van der Waals surface area contributed by atoms with Crippen LogP contribution in [0, 0.1) is 5.92 Å². The first kappa shape index (κ1) is 15.2. The Labute approximate surface area is 113 Å². The van der Waals surface area contributed by atoms with Crippen LogP contribution < -0.4 is 5.32 Å². The molecule has 0 aromatic heterocycles. The van der Waals surface area contributed by atoms with Crippen molar-refractivity contribution >= 4 is 23.4 Å². The van der Waals surface area contributed by atoms with Gasteiger partial charge in [0.2, 0.25) is 11.8 Å². The van der Waals surface area contributed by atoms with Gasteiger partial charge in [-0.2, -0.15) is 0 Å². The standard InChI is InChI=1S/C12H21ClN2O3/c1-9(8-18-2)15-7-10(6-11(15)16)12(17)14-5-3-4-13/h9-10H,3-8H2,1-2H3,(H,14,17)/t9-,10-/m0/s1. The van der Waals surface area contributed by atoms with Crippen molar-refractivity contribution in [2.45, 2.75) is 25.8 Å². The molecule has 18 heavy (non-hydrogen) atoms. The molecule has 1 aliphatic rings. The number of carbonyl (C=O) groups is 2. The maximum atomic E-state index is 11.8. The topological polar surface area (TPSA) is 58.6 Å². The van der Waals surface area contributed by atoms with E-state index in [0.29, 0.717) is 32.0 Å². The number of ether oxygens (including phenoxy) is 1. The highest BCUT2D eigenvalue weighted by Gasteiger charge is 2.36. The molecule has 1 heterocycles. The van der Waals surface area contributed by atoms with E-state index < -0.39 is 0 Å². The summed E-state index contributed by atoms with van der Waals surface area (Å²) < 4.78 is 5.03. The molecule has 104 valence electrons. The molecular formula is C12H21ClN2O3. The van der Waals surface area contributed by atoms with Crippen LogP contribution in [0.1, 0.15) is 19.8 Å². The molecule has 0 spiro atoms. The summed E-state index contributed by atoms with van der Waals surface area (Å²) in [5.41, 5.74) is 0. The molecule has 2 atom stereocenters. The molecular weight excluding hydrogens is 256 g/mol. The van der Waals surface area contributed by atoms with Crippen molar-refractivity contribution in [2.75, 3.05) is 32.7 Å². The van der Waals surface area contributed by atoms with Crippen LogP contribution >= 0.6 is 11.6 Å². The lowest BCUT2D eigenvalue weighted by Gasteiger charge is -2.23. The number of nitrogens with zero attached hydrogens (tertiary/aromatic N) is 1. The average Bonchev–Trinajstić information content (AvgIpc) is 2.72. The lowest BCUT2D eigenvalue weighted by Crippen LogP contribution is -2.39. The fraction of sp³-hybridized carbons (Fsp3) is 0.833. The summed E-state index contributed by atoms with van der Waals surface area (Å²) in [5.74, 6) is 0.255. The van der Waals surface area contributed by atoms with Crippen molar-refractivity contribution in [3.05, 3.63) is 0 Å². The predicted molar refractivity (Wildman–Crippen MR) is 69.5 cm³/mol. The third-order valence-electron chi connectivity index (χ3n) is 3.08. The molecule has 0 aromatic carbocycles. The molecule has 0 radical (unpaired) electrons. The largest absolute Gasteiger partial charge is 0.383 e. The van der Waals surface area contributed by atoms with Gasteiger partial charge in [0.1, 0.15) is 0 Å². The molecule has 1 saturated heterocycles. The average molecular weight is 277 g/mol. The van der Waals surface area contributed by atoms with Gasteiger partial charge in [-0.1, -0.05) is 0 Å². The highest BCUT2D eigenvalue weighted by Crippen LogP contribution is 2.20. The van der Waals surface area contributed by atoms with Gasteiger partial charge in [0.15, 0.2) is 0 Å². The molecule has 0 aromatic rings. The fourth-order valence-electron chi connectivity index (χ4n) is 2.09. The number of likely N-dealkylation sites (tertiary alicyclic amines) is 1. The molecule has 0 unspecified atom stereocenters. The van der Waals surface area contributed by atoms with Gasteiger partial charge in [0, 0.05) is 32.5 Å². The Morgan fingerprint density at radius 2 is 2.39 bits per heavy atom. The van der Waals surface area contributed by atoms with Gasteiger partial charge in [0.25, 0.3) is 0 Å². The van der Waals surface area contributed by atoms with E-state index in [4.69, 9.17) is 16.3 Å². The summed E-state index contributed by atoms with van der Waals surface area (Å²) in [6, 6.07) is 0.0168. The van der Waals surface area contributed by atoms with Crippen LogP contribution in [0.3, 0.4) is 0 Å². The van der Waals surface area contributed by atoms with Crippen LogP contribution in [-0.2, 0) is 14.3 Å². The van der Waals surface area contributed by atoms with Crippen molar-refractivity contribution in [3.8, 4) is 0 Å². The second-order valence-corrected chi connectivity index (χ2v) is 4.96. The Morgan fingerprint density at radius 1 is 1.67 bits per heavy atom. The highest BCUT2D eigenvalue weighted by molar-refractivity contribution is 6.17. The predicted octanol–water partition coefficient (Wildman–Crippen LogP) is 0.615. The monoisotopic (exact) mass is 276 g/mol. The molecule has 0 saturated carbocycles. The van der Waals surface area contributed by atoms with Gasteiger partial charge in [-0.15, -0.1) is 11.6 Å². The van der Waals surface area contributed by atoms with Crippen molar-refractivity contribution in [1.82, 2.24) is 10.2 Å². The van der Waals surface area contributed by atoms with E-state index in [9.17, 15) is 9.59 Å². The minimum absolute atomic E-state index is 0.0168. The van der Waals surface area contributed by atoms with Gasteiger partial charge >= 0.3 is 0 Å². The third-order valence-corrected chi connectivity index (χ3v) is 3.35. The summed E-state index contributed by atoms with van der Waals surface area (Å²) in [5, 5.41) is 2.80. The van der Waals surface area contributed by atoms with E-state index in [1.54, 1.807) is 12.0 Å². The Balaban J connectivity index is 2.42. The number of amides is 2. The van der Waals surface area contributed by atoms with Crippen LogP contribution in [0.5, 0.6) is 0 Å². The summed E-state index contributed by atoms with van der Waals surface area (Å²) in [6.07, 6.45) is 1.04. The van der Waals surface area contributed by atoms with E-state index in [2.05, 4.69) is 5.32 Å². The smallest absolute Gasteiger partial charge is 0.225 e. The second-order valence-electron chi connectivity index (χ2n) is 4.59. The van der Waals surface area contributed by atoms with Crippen LogP contribution in [0.2, 0.25) is 0 Å². The van der Waals surface area contributed by atoms with Crippen molar-refractivity contribution < 1.29 is 14.3 Å². The molecule has 2 amide bonds. The van der Waals surface area contributed by atoms with Gasteiger partial charge < -0.3 is 15.0 Å². The lowest BCUT2D eigenvalue weighted by molar-refractivity contribution is -0.130. The number of hydrogen-bond donors (Lipinski definition) is 1. The summed E-state index contributed by atoms with van der Waals surface area (Å²) in [4.78, 5) is 25.3. The van der Waals surface area contributed by atoms with E-state index in [1.165, 1.54) is 0 Å². The quantitative estimate of drug-likeness (QED) is 0.548. The molecule has 5 nitrogen and oxygen atoms in total. The number of hydrogen-bond acceptors (Lipinski definition) is 3. The Hall–Kier alpha value is -0.810. The van der Waals surface area contributed by atoms with E-state index in [0.717, 1.165) is 6.42 Å². The molecule has 0 bridgehead atoms. The molecule has 1 rings (SSSR count). The number of methoxy groups -OCH3 is 1. The summed E-state index contributed by atoms with van der Waals surface area (Å²) in [6.45, 7) is 3.47. The first-order valence-electron chi connectivity index (χ1n) is 6.22. The van der Waals surface area contributed by atoms with Crippen molar-refractivity contribution in [2.24, 2.45) is 5.92 Å². The summed E-state index contributed by atoms with van der Waals surface area (Å²) in [7, 11) is 1.60. The first-order chi connectivity index (χ1) is 8.60. The SMILES string of the molecule is COC[C@H](C)N1C[C@@H](C(=O)NCCCCl)CC1=O. The Bertz CT molecular complexity index is 299. The van der Waals surface area contributed by atoms with Crippen molar-refractivity contribution in [3.63, 3.8) is 0 Å². The van der Waals surface area contributed by atoms with E-state index in [-0.39, 0.29) is 23.8 Å². The molecule has 1 aliphatic heterocycles. The minimum Gasteiger partial charge on any atom is -0.383 e. The lowest BCUT2D eigenvalue weighted by atomic mass is 10.1. The van der Waals surface area contributed by atoms with Crippen molar-refractivity contribution in [1.29, 1.82) is 0 Å². The minimum atomic E-state index is -0.243. The first-order valence-corrected chi connectivity index (χ1v) is 6.75. The van der Waals surface area contributed by atoms with Gasteiger partial charge in [-0.25, -0.2) is 0 Å². The van der Waals surface area contributed by atoms with Crippen LogP contribution in [0.15, 0.2) is 0 Å². The van der Waals surface area contributed by atoms with Gasteiger partial charge in [0.05, 0.1) is 18.6 Å². The highest BCUT2D eigenvalue weighted by atomic mass is 35.5. The normalized spacial score (nSPS) is 21.2. The fourth-order valence-corrected chi connectivity index (χ4v) is 2.22. The molecule has 1 fully saturated rings. The zero-order chi connectivity index (χ0) is 13.5. The second kappa shape index (κ2) is 7.59. The Kier molecular flexibility index (Phi) is 6.43. The van der Waals surface area contributed by atoms with Gasteiger partial charge in [-0.05, 0) is 13.3 Å². The van der Waals surface area contributed by atoms with Crippen LogP contribution in [0.25, 0.3) is 0 Å². The number of carbonyl (C=O) groups excluding carboxylic acids is 2. The number of rotatable bonds is 7. The molecule has 1 N–H and O–H groups in total. The van der Waals surface area contributed by atoms with Gasteiger partial charge in [-0.3, -0.25) is 9.59 Å². The number of halogens is 1. The maximum absolute atomic E-state index is 11.8. The van der Waals surface area contributed by atoms with Crippen LogP contribution in [0.4, 0.5) is 0 Å². The van der Waals surface area contributed by atoms with E-state index >= 15 is 0 Å². The molecule has 6 heteroatoms. The third kappa shape index (κ3) is 4.14. The molecule has 0 aliphatic carbocycles. The summed E-state index contributed by atoms with van der Waals surface area (Å²) >= 11 is 5.54. The van der Waals surface area contributed by atoms with E-state index in [1.807, 2.05) is 6.92 Å². The number of nitrogens with one attached hydrogen (secondary N) is 1. The Morgan fingerprint density at radius 3 is 3.00 bits per heavy atom. The zero-order valence-corrected chi connectivity index (χ0v) is 11.7.